The second kappa shape index (κ2) is 7.41. The molecule has 0 saturated carbocycles. The van der Waals surface area contributed by atoms with Crippen molar-refractivity contribution in [3.05, 3.63) is 54.1 Å². The van der Waals surface area contributed by atoms with E-state index in [1.54, 1.807) is 29.8 Å². The molecule has 1 saturated heterocycles. The van der Waals surface area contributed by atoms with Gasteiger partial charge in [0.1, 0.15) is 28.6 Å². The highest BCUT2D eigenvalue weighted by Gasteiger charge is 2.27. The second-order valence-electron chi connectivity index (χ2n) is 6.95. The standard InChI is InChI=1S/C20H19FN6OS/c21-13-3-5-14(6-4-13)26-10-17(22-12-26)23-18-16-7-9-29-19(16)25-20(24-18)27-8-1-2-15(27)11-28/h3-7,9-10,12,15,28H,1-2,8,11H2,(H,23,24,25). The summed E-state index contributed by atoms with van der Waals surface area (Å²) in [6.45, 7) is 0.928. The summed E-state index contributed by atoms with van der Waals surface area (Å²) in [5.41, 5.74) is 0.818. The van der Waals surface area contributed by atoms with Gasteiger partial charge in [0.15, 0.2) is 0 Å². The number of anilines is 3. The van der Waals surface area contributed by atoms with Crippen LogP contribution >= 0.6 is 11.3 Å². The molecular formula is C20H19FN6OS. The summed E-state index contributed by atoms with van der Waals surface area (Å²) >= 11 is 1.56. The van der Waals surface area contributed by atoms with Crippen LogP contribution in [-0.4, -0.2) is 43.8 Å². The fourth-order valence-corrected chi connectivity index (χ4v) is 4.38. The van der Waals surface area contributed by atoms with Gasteiger partial charge in [0.25, 0.3) is 0 Å². The quantitative estimate of drug-likeness (QED) is 0.522. The van der Waals surface area contributed by atoms with Gasteiger partial charge in [0, 0.05) is 12.2 Å². The van der Waals surface area contributed by atoms with Gasteiger partial charge < -0.3 is 19.9 Å². The molecule has 4 aromatic rings. The van der Waals surface area contributed by atoms with Gasteiger partial charge in [-0.25, -0.2) is 14.4 Å². The van der Waals surface area contributed by atoms with E-state index in [9.17, 15) is 9.50 Å². The number of aliphatic hydroxyl groups is 1. The van der Waals surface area contributed by atoms with E-state index in [0.29, 0.717) is 17.6 Å². The van der Waals surface area contributed by atoms with Crippen molar-refractivity contribution in [1.29, 1.82) is 0 Å². The Bertz CT molecular complexity index is 1140. The lowest BCUT2D eigenvalue weighted by Crippen LogP contribution is -2.33. The highest BCUT2D eigenvalue weighted by Crippen LogP contribution is 2.31. The smallest absolute Gasteiger partial charge is 0.229 e. The Balaban J connectivity index is 1.47. The number of nitrogens with zero attached hydrogens (tertiary/aromatic N) is 5. The first-order chi connectivity index (χ1) is 14.2. The number of hydrogen-bond acceptors (Lipinski definition) is 7. The SMILES string of the molecule is OCC1CCCN1c1nc(Nc2cn(-c3ccc(F)cc3)cn2)c2ccsc2n1. The Morgan fingerprint density at radius 2 is 2.07 bits per heavy atom. The van der Waals surface area contributed by atoms with Crippen molar-refractivity contribution in [2.45, 2.75) is 18.9 Å². The van der Waals surface area contributed by atoms with Gasteiger partial charge in [0.05, 0.1) is 24.2 Å². The van der Waals surface area contributed by atoms with Crippen LogP contribution in [0.25, 0.3) is 15.9 Å². The third kappa shape index (κ3) is 3.43. The Morgan fingerprint density at radius 3 is 2.90 bits per heavy atom. The number of nitrogens with one attached hydrogen (secondary N) is 1. The predicted octanol–water partition coefficient (Wildman–Crippen LogP) is 3.72. The summed E-state index contributed by atoms with van der Waals surface area (Å²) < 4.78 is 15.0. The number of halogens is 1. The van der Waals surface area contributed by atoms with Gasteiger partial charge in [-0.15, -0.1) is 11.3 Å². The molecule has 5 rings (SSSR count). The van der Waals surface area contributed by atoms with E-state index in [2.05, 4.69) is 15.2 Å². The molecular weight excluding hydrogens is 391 g/mol. The van der Waals surface area contributed by atoms with Crippen LogP contribution in [0.15, 0.2) is 48.2 Å². The van der Waals surface area contributed by atoms with E-state index in [1.807, 2.05) is 22.2 Å². The Kier molecular flexibility index (Phi) is 4.61. The van der Waals surface area contributed by atoms with Crippen molar-refractivity contribution in [3.8, 4) is 5.69 Å². The van der Waals surface area contributed by atoms with Crippen molar-refractivity contribution >= 4 is 39.1 Å². The minimum Gasteiger partial charge on any atom is -0.394 e. The zero-order chi connectivity index (χ0) is 19.8. The number of thiophene rings is 1. The molecule has 1 aliphatic heterocycles. The van der Waals surface area contributed by atoms with Crippen LogP contribution in [0.4, 0.5) is 22.0 Å². The number of hydrogen-bond donors (Lipinski definition) is 2. The molecule has 3 aromatic heterocycles. The minimum atomic E-state index is -0.274. The van der Waals surface area contributed by atoms with Crippen molar-refractivity contribution in [1.82, 2.24) is 19.5 Å². The topological polar surface area (TPSA) is 79.1 Å². The second-order valence-corrected chi connectivity index (χ2v) is 7.85. The molecule has 1 atom stereocenters. The van der Waals surface area contributed by atoms with Crippen LogP contribution in [0.3, 0.4) is 0 Å². The molecule has 9 heteroatoms. The normalized spacial score (nSPS) is 16.6. The van der Waals surface area contributed by atoms with Gasteiger partial charge in [-0.3, -0.25) is 0 Å². The molecule has 1 aliphatic rings. The van der Waals surface area contributed by atoms with Crippen molar-refractivity contribution < 1.29 is 9.50 Å². The molecule has 1 unspecified atom stereocenters. The summed E-state index contributed by atoms with van der Waals surface area (Å²) in [6.07, 6.45) is 5.46. The summed E-state index contributed by atoms with van der Waals surface area (Å²) in [5.74, 6) is 1.66. The van der Waals surface area contributed by atoms with E-state index < -0.39 is 0 Å². The first kappa shape index (κ1) is 18.0. The van der Waals surface area contributed by atoms with Gasteiger partial charge in [-0.05, 0) is 48.6 Å². The lowest BCUT2D eigenvalue weighted by atomic mass is 10.2. The number of aliphatic hydroxyl groups excluding tert-OH is 1. The van der Waals surface area contributed by atoms with Crippen LogP contribution in [-0.2, 0) is 0 Å². The zero-order valence-electron chi connectivity index (χ0n) is 15.5. The number of imidazole rings is 1. The van der Waals surface area contributed by atoms with Gasteiger partial charge >= 0.3 is 0 Å². The summed E-state index contributed by atoms with van der Waals surface area (Å²) in [7, 11) is 0. The van der Waals surface area contributed by atoms with Crippen LogP contribution in [0, 0.1) is 5.82 Å². The first-order valence-corrected chi connectivity index (χ1v) is 10.3. The van der Waals surface area contributed by atoms with Crippen LogP contribution < -0.4 is 10.2 Å². The van der Waals surface area contributed by atoms with Crippen molar-refractivity contribution in [2.75, 3.05) is 23.4 Å². The molecule has 1 fully saturated rings. The highest BCUT2D eigenvalue weighted by molar-refractivity contribution is 7.16. The number of rotatable bonds is 5. The van der Waals surface area contributed by atoms with E-state index in [1.165, 1.54) is 12.1 Å². The molecule has 0 aliphatic carbocycles. The van der Waals surface area contributed by atoms with Gasteiger partial charge in [-0.2, -0.15) is 4.98 Å². The molecule has 1 aromatic carbocycles. The van der Waals surface area contributed by atoms with E-state index in [4.69, 9.17) is 9.97 Å². The molecule has 0 bridgehead atoms. The van der Waals surface area contributed by atoms with Gasteiger partial charge in [0.2, 0.25) is 5.95 Å². The minimum absolute atomic E-state index is 0.0537. The average molecular weight is 410 g/mol. The average Bonchev–Trinajstić information content (AvgIpc) is 3.48. The summed E-state index contributed by atoms with van der Waals surface area (Å²) in [4.78, 5) is 16.8. The van der Waals surface area contributed by atoms with Crippen molar-refractivity contribution in [3.63, 3.8) is 0 Å². The molecule has 0 spiro atoms. The van der Waals surface area contributed by atoms with E-state index in [0.717, 1.165) is 35.3 Å². The van der Waals surface area contributed by atoms with Crippen molar-refractivity contribution in [2.24, 2.45) is 0 Å². The molecule has 7 nitrogen and oxygen atoms in total. The first-order valence-electron chi connectivity index (χ1n) is 9.41. The third-order valence-electron chi connectivity index (χ3n) is 5.11. The van der Waals surface area contributed by atoms with E-state index >= 15 is 0 Å². The Hall–Kier alpha value is -3.04. The molecule has 29 heavy (non-hydrogen) atoms. The van der Waals surface area contributed by atoms with Crippen LogP contribution in [0.1, 0.15) is 12.8 Å². The monoisotopic (exact) mass is 410 g/mol. The maximum Gasteiger partial charge on any atom is 0.229 e. The molecule has 0 radical (unpaired) electrons. The maximum absolute atomic E-state index is 13.2. The summed E-state index contributed by atoms with van der Waals surface area (Å²) in [6, 6.07) is 8.27. The summed E-state index contributed by atoms with van der Waals surface area (Å²) in [5, 5.41) is 15.9. The fraction of sp³-hybridized carbons (Fsp3) is 0.250. The highest BCUT2D eigenvalue weighted by atomic mass is 32.1. The number of aromatic nitrogens is 4. The number of fused-ring (bicyclic) bond motifs is 1. The number of benzene rings is 1. The molecule has 4 heterocycles. The van der Waals surface area contributed by atoms with Crippen LogP contribution in [0.5, 0.6) is 0 Å². The molecule has 0 amide bonds. The lowest BCUT2D eigenvalue weighted by molar-refractivity contribution is 0.265. The Morgan fingerprint density at radius 1 is 1.21 bits per heavy atom. The largest absolute Gasteiger partial charge is 0.394 e. The fourth-order valence-electron chi connectivity index (χ4n) is 3.62. The zero-order valence-corrected chi connectivity index (χ0v) is 16.3. The third-order valence-corrected chi connectivity index (χ3v) is 5.92. The maximum atomic E-state index is 13.2. The van der Waals surface area contributed by atoms with Gasteiger partial charge in [-0.1, -0.05) is 0 Å². The molecule has 2 N–H and O–H groups in total. The Labute approximate surface area is 170 Å². The van der Waals surface area contributed by atoms with Crippen LogP contribution in [0.2, 0.25) is 0 Å². The predicted molar refractivity (Wildman–Crippen MR) is 112 cm³/mol. The molecule has 148 valence electrons. The lowest BCUT2D eigenvalue weighted by Gasteiger charge is -2.23. The van der Waals surface area contributed by atoms with E-state index in [-0.39, 0.29) is 18.5 Å².